The molecule has 1 aromatic carbocycles. The predicted molar refractivity (Wildman–Crippen MR) is 87.8 cm³/mol. The van der Waals surface area contributed by atoms with Crippen molar-refractivity contribution < 1.29 is 4.74 Å². The average molecular weight is 288 g/mol. The van der Waals surface area contributed by atoms with Crippen LogP contribution in [0.25, 0.3) is 0 Å². The zero-order valence-corrected chi connectivity index (χ0v) is 13.4. The van der Waals surface area contributed by atoms with Crippen molar-refractivity contribution in [3.05, 3.63) is 29.8 Å². The van der Waals surface area contributed by atoms with Crippen LogP contribution in [-0.2, 0) is 11.3 Å². The fraction of sp³-hybridized carbons (Fsp3) is 0.667. The van der Waals surface area contributed by atoms with Crippen molar-refractivity contribution in [2.45, 2.75) is 57.7 Å². The minimum atomic E-state index is 0.190. The smallest absolute Gasteiger partial charge is 0.0592 e. The summed E-state index contributed by atoms with van der Waals surface area (Å²) in [5.74, 6) is 0. The molecular formula is C18H28N2O. The highest BCUT2D eigenvalue weighted by molar-refractivity contribution is 5.55. The predicted octanol–water partition coefficient (Wildman–Crippen LogP) is 3.33. The molecule has 2 aliphatic heterocycles. The van der Waals surface area contributed by atoms with E-state index in [1.54, 1.807) is 0 Å². The highest BCUT2D eigenvalue weighted by atomic mass is 16.5. The first-order chi connectivity index (χ1) is 10.2. The van der Waals surface area contributed by atoms with Gasteiger partial charge in [-0.2, -0.15) is 0 Å². The van der Waals surface area contributed by atoms with Crippen LogP contribution in [-0.4, -0.2) is 31.3 Å². The van der Waals surface area contributed by atoms with E-state index in [1.807, 2.05) is 0 Å². The topological polar surface area (TPSA) is 24.5 Å². The zero-order chi connectivity index (χ0) is 14.7. The maximum absolute atomic E-state index is 5.80. The van der Waals surface area contributed by atoms with Gasteiger partial charge in [-0.15, -0.1) is 0 Å². The van der Waals surface area contributed by atoms with Gasteiger partial charge >= 0.3 is 0 Å². The van der Waals surface area contributed by atoms with E-state index in [0.29, 0.717) is 6.10 Å². The van der Waals surface area contributed by atoms with Crippen molar-refractivity contribution >= 4 is 5.69 Å². The minimum absolute atomic E-state index is 0.190. The molecule has 0 aliphatic carbocycles. The second kappa shape index (κ2) is 6.37. The second-order valence-electron chi connectivity index (χ2n) is 6.74. The number of anilines is 1. The van der Waals surface area contributed by atoms with E-state index in [9.17, 15) is 0 Å². The summed E-state index contributed by atoms with van der Waals surface area (Å²) in [6.45, 7) is 8.72. The van der Waals surface area contributed by atoms with Crippen LogP contribution in [0.2, 0.25) is 0 Å². The summed E-state index contributed by atoms with van der Waals surface area (Å²) >= 11 is 0. The molecule has 3 nitrogen and oxygen atoms in total. The van der Waals surface area contributed by atoms with Crippen molar-refractivity contribution in [3.8, 4) is 0 Å². The molecular weight excluding hydrogens is 260 g/mol. The van der Waals surface area contributed by atoms with Crippen LogP contribution in [0.4, 0.5) is 5.69 Å². The molecule has 0 saturated carbocycles. The Morgan fingerprint density at radius 2 is 2.24 bits per heavy atom. The Balaban J connectivity index is 1.76. The molecule has 2 atom stereocenters. The normalized spacial score (nSPS) is 29.2. The average Bonchev–Trinajstić information content (AvgIpc) is 2.98. The highest BCUT2D eigenvalue weighted by Crippen LogP contribution is 2.28. The van der Waals surface area contributed by atoms with Gasteiger partial charge in [-0.3, -0.25) is 0 Å². The second-order valence-corrected chi connectivity index (χ2v) is 6.74. The summed E-state index contributed by atoms with van der Waals surface area (Å²) in [7, 11) is 0. The molecule has 116 valence electrons. The maximum Gasteiger partial charge on any atom is 0.0592 e. The Bertz CT molecular complexity index is 470. The third-order valence-electron chi connectivity index (χ3n) is 5.10. The van der Waals surface area contributed by atoms with Crippen molar-refractivity contribution in [2.75, 3.05) is 24.6 Å². The molecule has 1 fully saturated rings. The van der Waals surface area contributed by atoms with E-state index in [4.69, 9.17) is 4.74 Å². The van der Waals surface area contributed by atoms with E-state index in [2.05, 4.69) is 48.3 Å². The molecule has 2 unspecified atom stereocenters. The van der Waals surface area contributed by atoms with E-state index < -0.39 is 0 Å². The van der Waals surface area contributed by atoms with Crippen LogP contribution < -0.4 is 10.2 Å². The van der Waals surface area contributed by atoms with Crippen LogP contribution >= 0.6 is 0 Å². The Labute approximate surface area is 128 Å². The molecule has 2 heterocycles. The Morgan fingerprint density at radius 3 is 3.00 bits per heavy atom. The highest BCUT2D eigenvalue weighted by Gasteiger charge is 2.29. The number of hydrogen-bond donors (Lipinski definition) is 1. The third-order valence-corrected chi connectivity index (χ3v) is 5.10. The Kier molecular flexibility index (Phi) is 4.51. The molecule has 0 amide bonds. The lowest BCUT2D eigenvalue weighted by atomic mass is 9.98. The van der Waals surface area contributed by atoms with Gasteiger partial charge in [0.1, 0.15) is 0 Å². The number of hydrogen-bond acceptors (Lipinski definition) is 3. The first kappa shape index (κ1) is 14.9. The third kappa shape index (κ3) is 3.41. The van der Waals surface area contributed by atoms with Crippen LogP contribution in [0, 0.1) is 0 Å². The standard InChI is InChI=1S/C18H28N2O/c1-3-18(2)14-20(11-10-16-8-6-12-21-16)17-9-5-4-7-15(17)13-19-18/h4-5,7,9,16,19H,3,6,8,10-14H2,1-2H3. The lowest BCUT2D eigenvalue weighted by molar-refractivity contribution is 0.105. The molecule has 0 radical (unpaired) electrons. The lowest BCUT2D eigenvalue weighted by Gasteiger charge is -2.34. The molecule has 21 heavy (non-hydrogen) atoms. The summed E-state index contributed by atoms with van der Waals surface area (Å²) in [6.07, 6.45) is 5.24. The molecule has 2 aliphatic rings. The summed E-state index contributed by atoms with van der Waals surface area (Å²) in [5.41, 5.74) is 3.01. The van der Waals surface area contributed by atoms with Crippen LogP contribution in [0.1, 0.15) is 45.1 Å². The molecule has 0 spiro atoms. The molecule has 3 heteroatoms. The van der Waals surface area contributed by atoms with Crippen molar-refractivity contribution in [1.29, 1.82) is 0 Å². The minimum Gasteiger partial charge on any atom is -0.378 e. The summed E-state index contributed by atoms with van der Waals surface area (Å²) in [5, 5.41) is 3.75. The molecule has 1 aromatic rings. The van der Waals surface area contributed by atoms with Gasteiger partial charge in [0.2, 0.25) is 0 Å². The fourth-order valence-corrected chi connectivity index (χ4v) is 3.45. The number of nitrogens with one attached hydrogen (secondary N) is 1. The van der Waals surface area contributed by atoms with Gasteiger partial charge < -0.3 is 15.0 Å². The summed E-state index contributed by atoms with van der Waals surface area (Å²) < 4.78 is 5.80. The lowest BCUT2D eigenvalue weighted by Crippen LogP contribution is -2.49. The monoisotopic (exact) mass is 288 g/mol. The van der Waals surface area contributed by atoms with E-state index in [0.717, 1.165) is 39.1 Å². The van der Waals surface area contributed by atoms with Crippen LogP contribution in [0.3, 0.4) is 0 Å². The number of fused-ring (bicyclic) bond motifs is 1. The molecule has 1 saturated heterocycles. The molecule has 0 bridgehead atoms. The van der Waals surface area contributed by atoms with E-state index in [1.165, 1.54) is 24.1 Å². The van der Waals surface area contributed by atoms with Crippen molar-refractivity contribution in [2.24, 2.45) is 0 Å². The van der Waals surface area contributed by atoms with Crippen LogP contribution in [0.5, 0.6) is 0 Å². The van der Waals surface area contributed by atoms with Crippen LogP contribution in [0.15, 0.2) is 24.3 Å². The maximum atomic E-state index is 5.80. The van der Waals surface area contributed by atoms with Gasteiger partial charge in [-0.05, 0) is 44.2 Å². The van der Waals surface area contributed by atoms with E-state index in [-0.39, 0.29) is 5.54 Å². The van der Waals surface area contributed by atoms with Gasteiger partial charge in [-0.25, -0.2) is 0 Å². The number of nitrogens with zero attached hydrogens (tertiary/aromatic N) is 1. The van der Waals surface area contributed by atoms with Crippen molar-refractivity contribution in [3.63, 3.8) is 0 Å². The van der Waals surface area contributed by atoms with Gasteiger partial charge in [-0.1, -0.05) is 25.1 Å². The Morgan fingerprint density at radius 1 is 1.38 bits per heavy atom. The number of benzene rings is 1. The van der Waals surface area contributed by atoms with Gasteiger partial charge in [0.05, 0.1) is 6.10 Å². The van der Waals surface area contributed by atoms with Gasteiger partial charge in [0.15, 0.2) is 0 Å². The fourth-order valence-electron chi connectivity index (χ4n) is 3.45. The summed E-state index contributed by atoms with van der Waals surface area (Å²) in [6, 6.07) is 8.83. The van der Waals surface area contributed by atoms with Gasteiger partial charge in [0.25, 0.3) is 0 Å². The largest absolute Gasteiger partial charge is 0.378 e. The van der Waals surface area contributed by atoms with E-state index >= 15 is 0 Å². The number of para-hydroxylation sites is 1. The summed E-state index contributed by atoms with van der Waals surface area (Å²) in [4.78, 5) is 2.57. The number of ether oxygens (including phenoxy) is 1. The molecule has 3 rings (SSSR count). The first-order valence-corrected chi connectivity index (χ1v) is 8.40. The quantitative estimate of drug-likeness (QED) is 0.919. The molecule has 0 aromatic heterocycles. The number of rotatable bonds is 4. The zero-order valence-electron chi connectivity index (χ0n) is 13.4. The Hall–Kier alpha value is -1.06. The van der Waals surface area contributed by atoms with Gasteiger partial charge in [0, 0.05) is 37.5 Å². The van der Waals surface area contributed by atoms with Crippen molar-refractivity contribution in [1.82, 2.24) is 5.32 Å². The first-order valence-electron chi connectivity index (χ1n) is 8.40. The molecule has 1 N–H and O–H groups in total. The SMILES string of the molecule is CCC1(C)CN(CCC2CCCO2)c2ccccc2CN1.